The van der Waals surface area contributed by atoms with Gasteiger partial charge in [-0.2, -0.15) is 0 Å². The fourth-order valence-corrected chi connectivity index (χ4v) is 2.28. The third-order valence-corrected chi connectivity index (χ3v) is 3.29. The number of pyridine rings is 1. The molecule has 2 rings (SSSR count). The lowest BCUT2D eigenvalue weighted by atomic mass is 10.1. The third kappa shape index (κ3) is 1.93. The van der Waals surface area contributed by atoms with Crippen LogP contribution in [0.15, 0.2) is 22.9 Å². The normalized spacial score (nSPS) is 11.5. The van der Waals surface area contributed by atoms with Crippen LogP contribution in [0.25, 0.3) is 5.65 Å². The smallest absolute Gasteiger partial charge is 0.140 e. The summed E-state index contributed by atoms with van der Waals surface area (Å²) in [5.74, 6) is 0.631. The van der Waals surface area contributed by atoms with Gasteiger partial charge in [0.05, 0.1) is 5.69 Å². The van der Waals surface area contributed by atoms with Gasteiger partial charge in [-0.25, -0.2) is 4.98 Å². The molecule has 3 heteroatoms. The second kappa shape index (κ2) is 3.97. The van der Waals surface area contributed by atoms with Crippen molar-refractivity contribution in [3.8, 4) is 0 Å². The van der Waals surface area contributed by atoms with E-state index in [1.54, 1.807) is 0 Å². The lowest BCUT2D eigenvalue weighted by molar-refractivity contribution is 0.636. The highest BCUT2D eigenvalue weighted by atomic mass is 79.9. The van der Waals surface area contributed by atoms with Crippen LogP contribution in [-0.4, -0.2) is 9.38 Å². The molecule has 15 heavy (non-hydrogen) atoms. The first-order valence-electron chi connectivity index (χ1n) is 5.21. The number of imidazole rings is 1. The average molecular weight is 267 g/mol. The van der Waals surface area contributed by atoms with E-state index in [1.807, 2.05) is 12.3 Å². The highest BCUT2D eigenvalue weighted by Gasteiger charge is 2.11. The third-order valence-electron chi connectivity index (χ3n) is 2.45. The van der Waals surface area contributed by atoms with E-state index in [9.17, 15) is 0 Å². The van der Waals surface area contributed by atoms with Crippen LogP contribution in [0.4, 0.5) is 0 Å². The Labute approximate surface area is 98.5 Å². The maximum Gasteiger partial charge on any atom is 0.140 e. The molecular weight excluding hydrogens is 252 g/mol. The molecule has 0 spiro atoms. The molecule has 0 unspecified atom stereocenters. The van der Waals surface area contributed by atoms with E-state index in [2.05, 4.69) is 52.2 Å². The molecule has 0 atom stereocenters. The first-order chi connectivity index (χ1) is 7.09. The van der Waals surface area contributed by atoms with Crippen LogP contribution < -0.4 is 0 Å². The Hall–Kier alpha value is -0.830. The fourth-order valence-electron chi connectivity index (χ4n) is 1.74. The van der Waals surface area contributed by atoms with E-state index in [-0.39, 0.29) is 0 Å². The Morgan fingerprint density at radius 2 is 2.20 bits per heavy atom. The molecule has 0 aromatic carbocycles. The standard InChI is InChI=1S/C12H15BrN2/c1-8(2)7-10-11(13)15-6-4-5-9(3)12(15)14-10/h4-6,8H,7H2,1-3H3. The van der Waals surface area contributed by atoms with Crippen molar-refractivity contribution in [1.29, 1.82) is 0 Å². The van der Waals surface area contributed by atoms with Gasteiger partial charge in [0.25, 0.3) is 0 Å². The number of hydrogen-bond donors (Lipinski definition) is 0. The molecule has 2 aromatic rings. The Morgan fingerprint density at radius 1 is 1.47 bits per heavy atom. The highest BCUT2D eigenvalue weighted by molar-refractivity contribution is 9.10. The van der Waals surface area contributed by atoms with E-state index >= 15 is 0 Å². The molecule has 2 heterocycles. The quantitative estimate of drug-likeness (QED) is 0.812. The molecule has 2 nitrogen and oxygen atoms in total. The molecule has 0 radical (unpaired) electrons. The van der Waals surface area contributed by atoms with Crippen molar-refractivity contribution in [3.63, 3.8) is 0 Å². The minimum absolute atomic E-state index is 0.631. The largest absolute Gasteiger partial charge is 0.294 e. The van der Waals surface area contributed by atoms with Crippen LogP contribution in [0.5, 0.6) is 0 Å². The van der Waals surface area contributed by atoms with E-state index in [0.717, 1.165) is 22.4 Å². The number of nitrogens with zero attached hydrogens (tertiary/aromatic N) is 2. The molecule has 0 N–H and O–H groups in total. The summed E-state index contributed by atoms with van der Waals surface area (Å²) in [6.07, 6.45) is 3.06. The molecule has 2 aromatic heterocycles. The average Bonchev–Trinajstić information content (AvgIpc) is 2.46. The molecule has 0 aliphatic rings. The van der Waals surface area contributed by atoms with Gasteiger partial charge in [0.2, 0.25) is 0 Å². The molecule has 0 saturated heterocycles. The summed E-state index contributed by atoms with van der Waals surface area (Å²) in [6, 6.07) is 4.14. The minimum atomic E-state index is 0.631. The van der Waals surface area contributed by atoms with E-state index in [4.69, 9.17) is 0 Å². The van der Waals surface area contributed by atoms with Crippen molar-refractivity contribution in [1.82, 2.24) is 9.38 Å². The van der Waals surface area contributed by atoms with Gasteiger partial charge in [0, 0.05) is 6.20 Å². The number of hydrogen-bond acceptors (Lipinski definition) is 1. The zero-order valence-electron chi connectivity index (χ0n) is 9.29. The maximum absolute atomic E-state index is 4.67. The van der Waals surface area contributed by atoms with Crippen molar-refractivity contribution in [2.75, 3.05) is 0 Å². The van der Waals surface area contributed by atoms with Crippen LogP contribution in [-0.2, 0) is 6.42 Å². The van der Waals surface area contributed by atoms with Gasteiger partial charge in [-0.15, -0.1) is 0 Å². The molecular formula is C12H15BrN2. The first-order valence-corrected chi connectivity index (χ1v) is 6.01. The van der Waals surface area contributed by atoms with Gasteiger partial charge in [-0.05, 0) is 46.8 Å². The monoisotopic (exact) mass is 266 g/mol. The van der Waals surface area contributed by atoms with Crippen LogP contribution in [0.3, 0.4) is 0 Å². The lowest BCUT2D eigenvalue weighted by Crippen LogP contribution is -1.94. The van der Waals surface area contributed by atoms with Gasteiger partial charge in [0.15, 0.2) is 0 Å². The number of aryl methyl sites for hydroxylation is 1. The summed E-state index contributed by atoms with van der Waals surface area (Å²) in [6.45, 7) is 6.51. The molecule has 0 fully saturated rings. The van der Waals surface area contributed by atoms with Crippen molar-refractivity contribution in [2.45, 2.75) is 27.2 Å². The van der Waals surface area contributed by atoms with Crippen molar-refractivity contribution in [3.05, 3.63) is 34.2 Å². The second-order valence-corrected chi connectivity index (χ2v) is 5.08. The van der Waals surface area contributed by atoms with Gasteiger partial charge in [0.1, 0.15) is 10.3 Å². The number of aromatic nitrogens is 2. The Kier molecular flexibility index (Phi) is 2.83. The van der Waals surface area contributed by atoms with Crippen LogP contribution >= 0.6 is 15.9 Å². The van der Waals surface area contributed by atoms with Crippen LogP contribution in [0, 0.1) is 12.8 Å². The Bertz CT molecular complexity index is 486. The number of fused-ring (bicyclic) bond motifs is 1. The van der Waals surface area contributed by atoms with Crippen molar-refractivity contribution < 1.29 is 0 Å². The van der Waals surface area contributed by atoms with Gasteiger partial charge < -0.3 is 0 Å². The highest BCUT2D eigenvalue weighted by Crippen LogP contribution is 2.22. The lowest BCUT2D eigenvalue weighted by Gasteiger charge is -2.00. The zero-order chi connectivity index (χ0) is 11.0. The molecule has 0 amide bonds. The summed E-state index contributed by atoms with van der Waals surface area (Å²) >= 11 is 3.61. The number of halogens is 1. The first kappa shape index (κ1) is 10.7. The zero-order valence-corrected chi connectivity index (χ0v) is 10.9. The summed E-state index contributed by atoms with van der Waals surface area (Å²) in [5.41, 5.74) is 3.42. The topological polar surface area (TPSA) is 17.3 Å². The van der Waals surface area contributed by atoms with Crippen molar-refractivity contribution in [2.24, 2.45) is 5.92 Å². The van der Waals surface area contributed by atoms with Crippen LogP contribution in [0.2, 0.25) is 0 Å². The van der Waals surface area contributed by atoms with Crippen molar-refractivity contribution >= 4 is 21.6 Å². The predicted octanol–water partition coefficient (Wildman–Crippen LogP) is 3.60. The molecule has 0 aliphatic carbocycles. The summed E-state index contributed by atoms with van der Waals surface area (Å²) in [7, 11) is 0. The molecule has 0 aliphatic heterocycles. The molecule has 80 valence electrons. The fraction of sp³-hybridized carbons (Fsp3) is 0.417. The van der Waals surface area contributed by atoms with Gasteiger partial charge in [-0.1, -0.05) is 19.9 Å². The summed E-state index contributed by atoms with van der Waals surface area (Å²) in [5, 5.41) is 0. The van der Waals surface area contributed by atoms with Gasteiger partial charge >= 0.3 is 0 Å². The summed E-state index contributed by atoms with van der Waals surface area (Å²) in [4.78, 5) is 4.67. The Balaban J connectivity index is 2.59. The van der Waals surface area contributed by atoms with E-state index < -0.39 is 0 Å². The maximum atomic E-state index is 4.67. The Morgan fingerprint density at radius 3 is 2.80 bits per heavy atom. The van der Waals surface area contributed by atoms with E-state index in [1.165, 1.54) is 5.56 Å². The number of rotatable bonds is 2. The second-order valence-electron chi connectivity index (χ2n) is 4.33. The molecule has 0 saturated carbocycles. The SMILES string of the molecule is Cc1cccn2c(Br)c(CC(C)C)nc12. The minimum Gasteiger partial charge on any atom is -0.294 e. The van der Waals surface area contributed by atoms with E-state index in [0.29, 0.717) is 5.92 Å². The molecule has 0 bridgehead atoms. The van der Waals surface area contributed by atoms with Crippen LogP contribution in [0.1, 0.15) is 25.1 Å². The van der Waals surface area contributed by atoms with Gasteiger partial charge in [-0.3, -0.25) is 4.40 Å². The summed E-state index contributed by atoms with van der Waals surface area (Å²) < 4.78 is 3.20. The predicted molar refractivity (Wildman–Crippen MR) is 66.2 cm³/mol.